The molecule has 0 saturated carbocycles. The quantitative estimate of drug-likeness (QED) is 0.0199. The van der Waals surface area contributed by atoms with Crippen molar-refractivity contribution >= 4 is 5.91 Å². The number of rotatable bonds is 64. The summed E-state index contributed by atoms with van der Waals surface area (Å²) in [5.74, 6) is -0.269. The van der Waals surface area contributed by atoms with Crippen molar-refractivity contribution in [2.24, 2.45) is 0 Å². The fourth-order valence-electron chi connectivity index (χ4n) is 13.9. The van der Waals surface area contributed by atoms with Crippen molar-refractivity contribution in [2.45, 2.75) is 446 Å². The van der Waals surface area contributed by atoms with Crippen LogP contribution in [-0.4, -0.2) is 193 Å². The number of allylic oxidation sites excluding steroid dienone is 1. The van der Waals surface area contributed by atoms with E-state index in [2.05, 4.69) is 19.2 Å². The highest BCUT2D eigenvalue weighted by Gasteiger charge is 2.54. The summed E-state index contributed by atoms with van der Waals surface area (Å²) in [4.78, 5) is 13.4. The van der Waals surface area contributed by atoms with Crippen LogP contribution in [0.4, 0.5) is 0 Å². The second-order valence-electron chi connectivity index (χ2n) is 28.9. The van der Waals surface area contributed by atoms with Gasteiger partial charge in [-0.3, -0.25) is 4.79 Å². The number of nitrogens with one attached hydrogen (secondary N) is 1. The first-order valence-corrected chi connectivity index (χ1v) is 39.9. The van der Waals surface area contributed by atoms with Gasteiger partial charge in [-0.1, -0.05) is 328 Å². The molecule has 3 rings (SSSR count). The molecule has 1 amide bonds. The van der Waals surface area contributed by atoms with E-state index in [1.54, 1.807) is 6.08 Å². The first-order valence-electron chi connectivity index (χ1n) is 39.9. The third kappa shape index (κ3) is 39.3. The topological polar surface area (TPSA) is 307 Å². The summed E-state index contributed by atoms with van der Waals surface area (Å²) >= 11 is 0. The lowest BCUT2D eigenvalue weighted by Crippen LogP contribution is -2.66. The summed E-state index contributed by atoms with van der Waals surface area (Å²) in [5, 5.41) is 120. The van der Waals surface area contributed by atoms with Gasteiger partial charge in [0.15, 0.2) is 18.9 Å². The fraction of sp³-hybridized carbons (Fsp3) is 0.961. The molecule has 17 unspecified atom stereocenters. The molecule has 96 heavy (non-hydrogen) atoms. The molecule has 0 radical (unpaired) electrons. The number of hydrogen-bond acceptors (Lipinski definition) is 18. The van der Waals surface area contributed by atoms with Crippen LogP contribution in [0.15, 0.2) is 12.2 Å². The second kappa shape index (κ2) is 59.0. The third-order valence-electron chi connectivity index (χ3n) is 20.3. The number of ether oxygens (including phenoxy) is 6. The Balaban J connectivity index is 1.26. The number of carbonyl (C=O) groups excluding carboxylic acids is 1. The number of amides is 1. The second-order valence-corrected chi connectivity index (χ2v) is 28.9. The van der Waals surface area contributed by atoms with E-state index in [1.807, 2.05) is 6.08 Å². The van der Waals surface area contributed by atoms with Gasteiger partial charge in [-0.15, -0.1) is 0 Å². The van der Waals surface area contributed by atoms with Gasteiger partial charge in [0.05, 0.1) is 38.6 Å². The van der Waals surface area contributed by atoms with E-state index >= 15 is 0 Å². The Kier molecular flexibility index (Phi) is 54.5. The minimum absolute atomic E-state index is 0.250. The zero-order valence-electron chi connectivity index (χ0n) is 60.6. The molecule has 0 aromatic rings. The zero-order chi connectivity index (χ0) is 69.6. The van der Waals surface area contributed by atoms with E-state index in [1.165, 1.54) is 270 Å². The normalized spacial score (nSPS) is 27.0. The maximum atomic E-state index is 13.4. The summed E-state index contributed by atoms with van der Waals surface area (Å²) in [6.45, 7) is 1.76. The van der Waals surface area contributed by atoms with Crippen molar-refractivity contribution < 1.29 is 89.4 Å². The number of aliphatic hydroxyl groups is 11. The van der Waals surface area contributed by atoms with E-state index in [-0.39, 0.29) is 18.9 Å². The highest BCUT2D eigenvalue weighted by Crippen LogP contribution is 2.33. The number of aliphatic hydroxyl groups excluding tert-OH is 11. The Morgan fingerprint density at radius 3 is 0.979 bits per heavy atom. The monoisotopic (exact) mass is 1370 g/mol. The first kappa shape index (κ1) is 88.7. The average Bonchev–Trinajstić information content (AvgIpc) is 0.789. The lowest BCUT2D eigenvalue weighted by Gasteiger charge is -2.48. The van der Waals surface area contributed by atoms with Crippen LogP contribution in [-0.2, 0) is 33.2 Å². The van der Waals surface area contributed by atoms with Gasteiger partial charge in [-0.05, 0) is 19.3 Å². The maximum Gasteiger partial charge on any atom is 0.220 e. The molecule has 3 heterocycles. The number of unbranched alkanes of at least 4 members (excludes halogenated alkanes) is 48. The summed E-state index contributed by atoms with van der Waals surface area (Å²) in [7, 11) is 0. The van der Waals surface area contributed by atoms with E-state index in [4.69, 9.17) is 28.4 Å². The molecular formula is C77H147NO18. The summed E-state index contributed by atoms with van der Waals surface area (Å²) in [5.41, 5.74) is 0. The predicted octanol–water partition coefficient (Wildman–Crippen LogP) is 12.8. The van der Waals surface area contributed by atoms with Crippen LogP contribution in [0.5, 0.6) is 0 Å². The maximum absolute atomic E-state index is 13.4. The zero-order valence-corrected chi connectivity index (χ0v) is 60.6. The molecule has 0 aliphatic carbocycles. The van der Waals surface area contributed by atoms with Crippen LogP contribution in [0.1, 0.15) is 341 Å². The Labute approximate surface area is 582 Å². The lowest BCUT2D eigenvalue weighted by molar-refractivity contribution is -0.379. The highest BCUT2D eigenvalue weighted by molar-refractivity contribution is 5.76. The fourth-order valence-corrected chi connectivity index (χ4v) is 13.9. The molecule has 568 valence electrons. The van der Waals surface area contributed by atoms with Gasteiger partial charge in [0.25, 0.3) is 0 Å². The van der Waals surface area contributed by atoms with Crippen LogP contribution in [0.25, 0.3) is 0 Å². The SMILES string of the molecule is CCCCCCCCCCCC/C=C/C(O)C(COC1OC(CO)C(OC2OC(CO)C(OC3OC(CO)C(O)C(O)C3O)C(O)C2O)C(O)C1O)NC(=O)CCCCCCCCCCCCCCCCCCCCCCCCCCCCCCCCCCCCCCCCC. The minimum Gasteiger partial charge on any atom is -0.394 e. The van der Waals surface area contributed by atoms with Gasteiger partial charge in [-0.2, -0.15) is 0 Å². The Hall–Kier alpha value is -1.47. The molecule has 3 fully saturated rings. The van der Waals surface area contributed by atoms with Crippen molar-refractivity contribution in [3.63, 3.8) is 0 Å². The van der Waals surface area contributed by atoms with Crippen LogP contribution in [0.2, 0.25) is 0 Å². The molecule has 3 aliphatic rings. The van der Waals surface area contributed by atoms with E-state index < -0.39 is 124 Å². The molecule has 19 heteroatoms. The van der Waals surface area contributed by atoms with Gasteiger partial charge < -0.3 is 89.9 Å². The van der Waals surface area contributed by atoms with Crippen LogP contribution in [0, 0.1) is 0 Å². The van der Waals surface area contributed by atoms with Gasteiger partial charge in [0.2, 0.25) is 5.91 Å². The Bertz CT molecular complexity index is 1790. The van der Waals surface area contributed by atoms with Gasteiger partial charge in [0.1, 0.15) is 73.2 Å². The molecule has 3 saturated heterocycles. The van der Waals surface area contributed by atoms with E-state index in [9.17, 15) is 61.0 Å². The molecule has 12 N–H and O–H groups in total. The van der Waals surface area contributed by atoms with E-state index in [0.717, 1.165) is 44.9 Å². The smallest absolute Gasteiger partial charge is 0.220 e. The van der Waals surface area contributed by atoms with Crippen molar-refractivity contribution in [2.75, 3.05) is 26.4 Å². The largest absolute Gasteiger partial charge is 0.394 e. The standard InChI is InChI=1S/C77H147NO18/c1-3-5-7-9-11-13-15-17-18-19-20-21-22-23-24-25-26-27-28-29-30-31-32-33-34-35-36-37-38-39-40-41-42-43-45-47-49-51-53-55-65(83)78-60(61(82)54-52-50-48-46-44-16-14-12-10-8-6-4-2)59-91-75-71(89)68(86)73(63(57-80)93-75)96-77-72(90)69(87)74(64(58-81)94-77)95-76-70(88)67(85)66(84)62(56-79)92-76/h52,54,60-64,66-77,79-82,84-90H,3-51,53,55-59H2,1-2H3,(H,78,83)/b54-52+. The molecular weight excluding hydrogens is 1230 g/mol. The summed E-state index contributed by atoms with van der Waals surface area (Å²) in [6.07, 6.45) is 42.6. The molecule has 0 aromatic heterocycles. The van der Waals surface area contributed by atoms with Crippen molar-refractivity contribution in [3.8, 4) is 0 Å². The minimum atomic E-state index is -1.98. The highest BCUT2D eigenvalue weighted by atomic mass is 16.8. The van der Waals surface area contributed by atoms with Crippen LogP contribution >= 0.6 is 0 Å². The number of carbonyl (C=O) groups is 1. The number of hydrogen-bond donors (Lipinski definition) is 12. The molecule has 0 bridgehead atoms. The van der Waals surface area contributed by atoms with Crippen molar-refractivity contribution in [3.05, 3.63) is 12.2 Å². The summed E-state index contributed by atoms with van der Waals surface area (Å²) < 4.78 is 34.4. The predicted molar refractivity (Wildman–Crippen MR) is 379 cm³/mol. The molecule has 0 spiro atoms. The molecule has 0 aromatic carbocycles. The van der Waals surface area contributed by atoms with E-state index in [0.29, 0.717) is 6.42 Å². The van der Waals surface area contributed by atoms with Gasteiger partial charge >= 0.3 is 0 Å². The van der Waals surface area contributed by atoms with Crippen LogP contribution in [0.3, 0.4) is 0 Å². The third-order valence-corrected chi connectivity index (χ3v) is 20.3. The Morgan fingerprint density at radius 2 is 0.646 bits per heavy atom. The Morgan fingerprint density at radius 1 is 0.365 bits per heavy atom. The molecule has 17 atom stereocenters. The van der Waals surface area contributed by atoms with Gasteiger partial charge in [0, 0.05) is 6.42 Å². The molecule has 3 aliphatic heterocycles. The van der Waals surface area contributed by atoms with Crippen molar-refractivity contribution in [1.29, 1.82) is 0 Å². The van der Waals surface area contributed by atoms with Gasteiger partial charge in [-0.25, -0.2) is 0 Å². The summed E-state index contributed by atoms with van der Waals surface area (Å²) in [6, 6.07) is -0.968. The molecule has 19 nitrogen and oxygen atoms in total. The van der Waals surface area contributed by atoms with Crippen molar-refractivity contribution in [1.82, 2.24) is 5.32 Å². The van der Waals surface area contributed by atoms with Crippen LogP contribution < -0.4 is 5.32 Å². The average molecular weight is 1380 g/mol. The lowest BCUT2D eigenvalue weighted by atomic mass is 9.96. The first-order chi connectivity index (χ1) is 46.8.